The normalized spacial score (nSPS) is 12.5. The Morgan fingerprint density at radius 2 is 2.04 bits per heavy atom. The molecular weight excluding hydrogens is 356 g/mol. The molecule has 0 spiro atoms. The van der Waals surface area contributed by atoms with Crippen LogP contribution in [-0.2, 0) is 17.9 Å². The lowest BCUT2D eigenvalue weighted by atomic mass is 10.1. The van der Waals surface area contributed by atoms with E-state index in [9.17, 15) is 4.79 Å². The molecule has 0 atom stereocenters. The van der Waals surface area contributed by atoms with Gasteiger partial charge in [-0.05, 0) is 35.4 Å². The van der Waals surface area contributed by atoms with Gasteiger partial charge in [0.15, 0.2) is 0 Å². The van der Waals surface area contributed by atoms with E-state index in [1.807, 2.05) is 48.5 Å². The number of rotatable bonds is 6. The number of nitrogens with zero attached hydrogens (tertiary/aromatic N) is 3. The van der Waals surface area contributed by atoms with Gasteiger partial charge >= 0.3 is 0 Å². The standard InChI is InChI=1S/C21H20N4O3/c1-27-19-6-7-20-17(9-19)8-18(12-28-20)21(26)23-10-15-2-4-16(5-3-15)11-25-14-22-13-24-25/h2-9,13-14H,10-12H2,1H3,(H,23,26). The van der Waals surface area contributed by atoms with Gasteiger partial charge in [0.25, 0.3) is 5.91 Å². The molecule has 4 rings (SSSR count). The van der Waals surface area contributed by atoms with Crippen LogP contribution in [0.3, 0.4) is 0 Å². The lowest BCUT2D eigenvalue weighted by Crippen LogP contribution is -2.28. The van der Waals surface area contributed by atoms with Crippen LogP contribution in [0, 0.1) is 0 Å². The molecule has 0 saturated carbocycles. The van der Waals surface area contributed by atoms with Gasteiger partial charge in [-0.3, -0.25) is 4.79 Å². The second kappa shape index (κ2) is 7.96. The first kappa shape index (κ1) is 17.8. The molecule has 1 aliphatic heterocycles. The molecule has 142 valence electrons. The zero-order chi connectivity index (χ0) is 19.3. The topological polar surface area (TPSA) is 78.3 Å². The highest BCUT2D eigenvalue weighted by atomic mass is 16.5. The SMILES string of the molecule is COc1ccc2c(c1)C=C(C(=O)NCc1ccc(Cn3cncn3)cc1)CO2. The number of carbonyl (C=O) groups excluding carboxylic acids is 1. The van der Waals surface area contributed by atoms with E-state index in [0.29, 0.717) is 18.7 Å². The van der Waals surface area contributed by atoms with Crippen LogP contribution < -0.4 is 14.8 Å². The van der Waals surface area contributed by atoms with Gasteiger partial charge < -0.3 is 14.8 Å². The molecule has 0 saturated heterocycles. The van der Waals surface area contributed by atoms with Crippen LogP contribution in [0.2, 0.25) is 0 Å². The number of hydrogen-bond donors (Lipinski definition) is 1. The Balaban J connectivity index is 1.37. The van der Waals surface area contributed by atoms with Crippen LogP contribution in [0.5, 0.6) is 11.5 Å². The molecule has 0 fully saturated rings. The Bertz CT molecular complexity index is 995. The summed E-state index contributed by atoms with van der Waals surface area (Å²) < 4.78 is 12.7. The molecule has 0 radical (unpaired) electrons. The maximum Gasteiger partial charge on any atom is 0.250 e. The summed E-state index contributed by atoms with van der Waals surface area (Å²) in [4.78, 5) is 16.4. The minimum atomic E-state index is -0.139. The van der Waals surface area contributed by atoms with Gasteiger partial charge in [0.2, 0.25) is 0 Å². The second-order valence-electron chi connectivity index (χ2n) is 6.45. The largest absolute Gasteiger partial charge is 0.497 e. The fraction of sp³-hybridized carbons (Fsp3) is 0.190. The zero-order valence-electron chi connectivity index (χ0n) is 15.5. The molecule has 0 aliphatic carbocycles. The molecule has 7 heteroatoms. The Morgan fingerprint density at radius 3 is 2.79 bits per heavy atom. The van der Waals surface area contributed by atoms with Crippen molar-refractivity contribution in [3.05, 3.63) is 77.4 Å². The van der Waals surface area contributed by atoms with Gasteiger partial charge in [0.1, 0.15) is 30.8 Å². The first-order valence-corrected chi connectivity index (χ1v) is 8.91. The molecule has 2 heterocycles. The number of amides is 1. The lowest BCUT2D eigenvalue weighted by Gasteiger charge is -2.18. The van der Waals surface area contributed by atoms with Gasteiger partial charge in [-0.25, -0.2) is 9.67 Å². The van der Waals surface area contributed by atoms with Crippen molar-refractivity contribution in [3.63, 3.8) is 0 Å². The highest BCUT2D eigenvalue weighted by molar-refractivity contribution is 5.99. The van der Waals surface area contributed by atoms with E-state index < -0.39 is 0 Å². The summed E-state index contributed by atoms with van der Waals surface area (Å²) in [5.74, 6) is 1.34. The molecular formula is C21H20N4O3. The van der Waals surface area contributed by atoms with Gasteiger partial charge in [-0.2, -0.15) is 5.10 Å². The fourth-order valence-electron chi connectivity index (χ4n) is 2.97. The third-order valence-corrected chi connectivity index (χ3v) is 4.51. The van der Waals surface area contributed by atoms with Gasteiger partial charge in [-0.1, -0.05) is 24.3 Å². The predicted molar refractivity (Wildman–Crippen MR) is 104 cm³/mol. The van der Waals surface area contributed by atoms with Gasteiger partial charge in [0.05, 0.1) is 19.2 Å². The summed E-state index contributed by atoms with van der Waals surface area (Å²) in [5.41, 5.74) is 3.57. The first-order valence-electron chi connectivity index (χ1n) is 8.91. The van der Waals surface area contributed by atoms with Crippen LogP contribution in [0.15, 0.2) is 60.7 Å². The minimum Gasteiger partial charge on any atom is -0.497 e. The van der Waals surface area contributed by atoms with Crippen LogP contribution in [-0.4, -0.2) is 34.4 Å². The van der Waals surface area contributed by atoms with Crippen LogP contribution in [0.1, 0.15) is 16.7 Å². The molecule has 1 aliphatic rings. The molecule has 0 bridgehead atoms. The van der Waals surface area contributed by atoms with E-state index in [-0.39, 0.29) is 12.5 Å². The van der Waals surface area contributed by atoms with E-state index in [4.69, 9.17) is 9.47 Å². The van der Waals surface area contributed by atoms with Crippen LogP contribution in [0.25, 0.3) is 6.08 Å². The summed E-state index contributed by atoms with van der Waals surface area (Å²) in [6, 6.07) is 13.6. The molecule has 3 aromatic rings. The monoisotopic (exact) mass is 376 g/mol. The molecule has 1 amide bonds. The molecule has 2 aromatic carbocycles. The third kappa shape index (κ3) is 4.03. The van der Waals surface area contributed by atoms with Crippen molar-refractivity contribution in [1.82, 2.24) is 20.1 Å². The number of carbonyl (C=O) groups is 1. The predicted octanol–water partition coefficient (Wildman–Crippen LogP) is 2.43. The number of hydrogen-bond acceptors (Lipinski definition) is 5. The summed E-state index contributed by atoms with van der Waals surface area (Å²) in [6.45, 7) is 1.37. The summed E-state index contributed by atoms with van der Waals surface area (Å²) in [5, 5.41) is 7.04. The first-order chi connectivity index (χ1) is 13.7. The fourth-order valence-corrected chi connectivity index (χ4v) is 2.97. The van der Waals surface area contributed by atoms with E-state index in [1.54, 1.807) is 18.1 Å². The Hall–Kier alpha value is -3.61. The maximum absolute atomic E-state index is 12.5. The quantitative estimate of drug-likeness (QED) is 0.715. The maximum atomic E-state index is 12.5. The van der Waals surface area contributed by atoms with E-state index in [0.717, 1.165) is 28.2 Å². The van der Waals surface area contributed by atoms with Crippen molar-refractivity contribution in [3.8, 4) is 11.5 Å². The van der Waals surface area contributed by atoms with E-state index in [2.05, 4.69) is 15.4 Å². The molecule has 7 nitrogen and oxygen atoms in total. The van der Waals surface area contributed by atoms with Crippen molar-refractivity contribution < 1.29 is 14.3 Å². The minimum absolute atomic E-state index is 0.139. The average Bonchev–Trinajstić information content (AvgIpc) is 3.25. The summed E-state index contributed by atoms with van der Waals surface area (Å²) in [7, 11) is 1.61. The number of nitrogens with one attached hydrogen (secondary N) is 1. The van der Waals surface area contributed by atoms with E-state index >= 15 is 0 Å². The number of fused-ring (bicyclic) bond motifs is 1. The Labute approximate surface area is 162 Å². The van der Waals surface area contributed by atoms with Crippen molar-refractivity contribution in [2.24, 2.45) is 0 Å². The summed E-state index contributed by atoms with van der Waals surface area (Å²) in [6.07, 6.45) is 5.04. The molecule has 1 aromatic heterocycles. The number of benzene rings is 2. The Kier molecular flexibility index (Phi) is 5.05. The lowest BCUT2D eigenvalue weighted by molar-refractivity contribution is -0.117. The number of ether oxygens (including phenoxy) is 2. The Morgan fingerprint density at radius 1 is 1.21 bits per heavy atom. The molecule has 28 heavy (non-hydrogen) atoms. The van der Waals surface area contributed by atoms with Crippen molar-refractivity contribution in [1.29, 1.82) is 0 Å². The smallest absolute Gasteiger partial charge is 0.250 e. The van der Waals surface area contributed by atoms with Crippen molar-refractivity contribution >= 4 is 12.0 Å². The average molecular weight is 376 g/mol. The zero-order valence-corrected chi connectivity index (χ0v) is 15.5. The third-order valence-electron chi connectivity index (χ3n) is 4.51. The van der Waals surface area contributed by atoms with Crippen LogP contribution in [0.4, 0.5) is 0 Å². The second-order valence-corrected chi connectivity index (χ2v) is 6.45. The van der Waals surface area contributed by atoms with Crippen LogP contribution >= 0.6 is 0 Å². The summed E-state index contributed by atoms with van der Waals surface area (Å²) >= 11 is 0. The van der Waals surface area contributed by atoms with Gasteiger partial charge in [0, 0.05) is 12.1 Å². The van der Waals surface area contributed by atoms with Crippen molar-refractivity contribution in [2.75, 3.05) is 13.7 Å². The molecule has 0 unspecified atom stereocenters. The van der Waals surface area contributed by atoms with E-state index in [1.165, 1.54) is 6.33 Å². The van der Waals surface area contributed by atoms with Crippen molar-refractivity contribution in [2.45, 2.75) is 13.1 Å². The highest BCUT2D eigenvalue weighted by Crippen LogP contribution is 2.29. The number of aromatic nitrogens is 3. The molecule has 1 N–H and O–H groups in total. The highest BCUT2D eigenvalue weighted by Gasteiger charge is 2.17. The number of methoxy groups -OCH3 is 1. The van der Waals surface area contributed by atoms with Gasteiger partial charge in [-0.15, -0.1) is 0 Å².